The summed E-state index contributed by atoms with van der Waals surface area (Å²) in [4.78, 5) is 51.4. The van der Waals surface area contributed by atoms with Crippen molar-refractivity contribution < 1.29 is 19.2 Å². The number of halogens is 2. The lowest BCUT2D eigenvalue weighted by molar-refractivity contribution is -0.115. The van der Waals surface area contributed by atoms with Crippen LogP contribution in [-0.4, -0.2) is 28.8 Å². The third-order valence-corrected chi connectivity index (χ3v) is 7.90. The van der Waals surface area contributed by atoms with Crippen molar-refractivity contribution in [2.75, 3.05) is 10.6 Å². The highest BCUT2D eigenvalue weighted by Gasteiger charge is 2.18. The number of benzene rings is 4. The highest BCUT2D eigenvalue weighted by atomic mass is 35.5. The standard InChI is InChI=1S/C33H27Cl2N3O4S/c1-20(39)22-14-16-24(17-15-22)36-31(40)21(2)43-26-11-6-10-25(18-26)37-33(42)30(19-27-28(34)12-7-13-29(27)35)38-32(41)23-8-4-3-5-9-23/h3-19,21H,1-2H3,(H,36,40)(H,37,42)(H,38,41)/b30-19+. The van der Waals surface area contributed by atoms with Gasteiger partial charge in [0.2, 0.25) is 5.91 Å². The summed E-state index contributed by atoms with van der Waals surface area (Å²) in [5.41, 5.74) is 2.28. The summed E-state index contributed by atoms with van der Waals surface area (Å²) in [5.74, 6) is -1.35. The fourth-order valence-corrected chi connectivity index (χ4v) is 5.30. The first-order valence-corrected chi connectivity index (χ1v) is 14.8. The maximum absolute atomic E-state index is 13.4. The zero-order valence-electron chi connectivity index (χ0n) is 23.2. The lowest BCUT2D eigenvalue weighted by Gasteiger charge is -2.14. The Morgan fingerprint density at radius 1 is 0.744 bits per heavy atom. The number of hydrogen-bond acceptors (Lipinski definition) is 5. The molecule has 3 N–H and O–H groups in total. The Labute approximate surface area is 263 Å². The van der Waals surface area contributed by atoms with E-state index in [1.54, 1.807) is 97.9 Å². The molecule has 3 amide bonds. The lowest BCUT2D eigenvalue weighted by Crippen LogP contribution is -2.30. The van der Waals surface area contributed by atoms with Gasteiger partial charge in [0.05, 0.1) is 5.25 Å². The minimum Gasteiger partial charge on any atom is -0.325 e. The Bertz CT molecular complexity index is 1670. The second-order valence-corrected chi connectivity index (χ2v) is 11.6. The average molecular weight is 633 g/mol. The van der Waals surface area contributed by atoms with Crippen LogP contribution in [0.15, 0.2) is 108 Å². The maximum Gasteiger partial charge on any atom is 0.272 e. The zero-order chi connectivity index (χ0) is 30.9. The van der Waals surface area contributed by atoms with Crippen molar-refractivity contribution in [3.63, 3.8) is 0 Å². The number of carbonyl (C=O) groups is 4. The Kier molecular flexibility index (Phi) is 10.8. The van der Waals surface area contributed by atoms with E-state index in [0.29, 0.717) is 38.1 Å². The molecule has 4 rings (SSSR count). The first-order valence-electron chi connectivity index (χ1n) is 13.1. The largest absolute Gasteiger partial charge is 0.325 e. The van der Waals surface area contributed by atoms with E-state index in [-0.39, 0.29) is 17.4 Å². The predicted octanol–water partition coefficient (Wildman–Crippen LogP) is 7.72. The molecule has 0 radical (unpaired) electrons. The van der Waals surface area contributed by atoms with E-state index in [1.807, 2.05) is 6.07 Å². The number of Topliss-reactive ketones (excluding diaryl/α,β-unsaturated/α-hetero) is 1. The van der Waals surface area contributed by atoms with Gasteiger partial charge < -0.3 is 16.0 Å². The fourth-order valence-electron chi connectivity index (χ4n) is 3.87. The maximum atomic E-state index is 13.4. The number of nitrogens with one attached hydrogen (secondary N) is 3. The molecule has 1 unspecified atom stereocenters. The molecule has 0 aromatic heterocycles. The quantitative estimate of drug-likeness (QED) is 0.0944. The predicted molar refractivity (Wildman–Crippen MR) is 174 cm³/mol. The average Bonchev–Trinajstić information content (AvgIpc) is 2.99. The van der Waals surface area contributed by atoms with Gasteiger partial charge in [0.15, 0.2) is 5.78 Å². The molecule has 4 aromatic rings. The van der Waals surface area contributed by atoms with Crippen LogP contribution in [-0.2, 0) is 9.59 Å². The Morgan fingerprint density at radius 3 is 2.05 bits per heavy atom. The van der Waals surface area contributed by atoms with Gasteiger partial charge in [-0.25, -0.2) is 0 Å². The number of anilines is 2. The van der Waals surface area contributed by atoms with Crippen molar-refractivity contribution in [3.8, 4) is 0 Å². The van der Waals surface area contributed by atoms with Crippen molar-refractivity contribution in [3.05, 3.63) is 129 Å². The molecule has 0 aliphatic heterocycles. The second kappa shape index (κ2) is 14.7. The van der Waals surface area contributed by atoms with Gasteiger partial charge in [-0.2, -0.15) is 0 Å². The molecule has 0 aliphatic carbocycles. The molecular formula is C33H27Cl2N3O4S. The van der Waals surface area contributed by atoms with E-state index in [4.69, 9.17) is 23.2 Å². The number of amides is 3. The van der Waals surface area contributed by atoms with Gasteiger partial charge in [0.25, 0.3) is 11.8 Å². The van der Waals surface area contributed by atoms with Crippen molar-refractivity contribution in [1.82, 2.24) is 5.32 Å². The van der Waals surface area contributed by atoms with Crippen LogP contribution in [0.2, 0.25) is 10.0 Å². The molecule has 0 saturated heterocycles. The van der Waals surface area contributed by atoms with E-state index in [9.17, 15) is 19.2 Å². The molecule has 0 bridgehead atoms. The summed E-state index contributed by atoms with van der Waals surface area (Å²) < 4.78 is 0. The van der Waals surface area contributed by atoms with Gasteiger partial charge >= 0.3 is 0 Å². The van der Waals surface area contributed by atoms with Gasteiger partial charge in [0.1, 0.15) is 5.70 Å². The molecule has 0 spiro atoms. The minimum absolute atomic E-state index is 0.0531. The zero-order valence-corrected chi connectivity index (χ0v) is 25.5. The van der Waals surface area contributed by atoms with Crippen LogP contribution >= 0.6 is 35.0 Å². The Balaban J connectivity index is 1.49. The lowest BCUT2D eigenvalue weighted by atomic mass is 10.1. The van der Waals surface area contributed by atoms with E-state index in [1.165, 1.54) is 24.8 Å². The highest BCUT2D eigenvalue weighted by molar-refractivity contribution is 8.00. The number of thioether (sulfide) groups is 1. The number of carbonyl (C=O) groups excluding carboxylic acids is 4. The number of hydrogen-bond donors (Lipinski definition) is 3. The van der Waals surface area contributed by atoms with Crippen molar-refractivity contribution in [1.29, 1.82) is 0 Å². The first kappa shape index (κ1) is 31.6. The molecule has 0 heterocycles. The fraction of sp³-hybridized carbons (Fsp3) is 0.0909. The third-order valence-electron chi connectivity index (χ3n) is 6.15. The van der Waals surface area contributed by atoms with Crippen LogP contribution in [0.5, 0.6) is 0 Å². The van der Waals surface area contributed by atoms with E-state index in [2.05, 4.69) is 16.0 Å². The number of ketones is 1. The Hall–Kier alpha value is -4.37. The topological polar surface area (TPSA) is 104 Å². The molecule has 0 saturated carbocycles. The molecule has 218 valence electrons. The molecule has 43 heavy (non-hydrogen) atoms. The van der Waals surface area contributed by atoms with Crippen LogP contribution in [0.4, 0.5) is 11.4 Å². The monoisotopic (exact) mass is 631 g/mol. The minimum atomic E-state index is -0.595. The van der Waals surface area contributed by atoms with Gasteiger partial charge in [-0.05, 0) is 86.7 Å². The van der Waals surface area contributed by atoms with E-state index >= 15 is 0 Å². The van der Waals surface area contributed by atoms with Crippen LogP contribution in [0, 0.1) is 0 Å². The molecule has 0 aliphatic rings. The van der Waals surface area contributed by atoms with Crippen molar-refractivity contribution >= 4 is 75.9 Å². The smallest absolute Gasteiger partial charge is 0.272 e. The third kappa shape index (κ3) is 8.81. The molecular weight excluding hydrogens is 605 g/mol. The normalized spacial score (nSPS) is 11.8. The van der Waals surface area contributed by atoms with E-state index < -0.39 is 17.1 Å². The molecule has 1 atom stereocenters. The van der Waals surface area contributed by atoms with Crippen molar-refractivity contribution in [2.24, 2.45) is 0 Å². The van der Waals surface area contributed by atoms with E-state index in [0.717, 1.165) is 4.90 Å². The molecule has 7 nitrogen and oxygen atoms in total. The summed E-state index contributed by atoms with van der Waals surface area (Å²) in [6, 6.07) is 27.1. The summed E-state index contributed by atoms with van der Waals surface area (Å²) in [7, 11) is 0. The summed E-state index contributed by atoms with van der Waals surface area (Å²) in [5, 5.41) is 8.47. The SMILES string of the molecule is CC(=O)c1ccc(NC(=O)C(C)Sc2cccc(NC(=O)/C(=C\c3c(Cl)cccc3Cl)NC(=O)c3ccccc3)c2)cc1. The van der Waals surface area contributed by atoms with Crippen LogP contribution in [0.1, 0.15) is 40.1 Å². The first-order chi connectivity index (χ1) is 20.6. The van der Waals surface area contributed by atoms with Gasteiger partial charge in [-0.3, -0.25) is 19.2 Å². The number of rotatable bonds is 10. The summed E-state index contributed by atoms with van der Waals surface area (Å²) in [6.07, 6.45) is 1.43. The second-order valence-electron chi connectivity index (χ2n) is 9.38. The van der Waals surface area contributed by atoms with Gasteiger partial charge in [-0.1, -0.05) is 53.5 Å². The summed E-state index contributed by atoms with van der Waals surface area (Å²) >= 11 is 14.0. The Morgan fingerprint density at radius 2 is 1.40 bits per heavy atom. The highest BCUT2D eigenvalue weighted by Crippen LogP contribution is 2.29. The summed E-state index contributed by atoms with van der Waals surface area (Å²) in [6.45, 7) is 3.25. The van der Waals surface area contributed by atoms with Gasteiger partial charge in [-0.15, -0.1) is 11.8 Å². The van der Waals surface area contributed by atoms with Crippen LogP contribution in [0.3, 0.4) is 0 Å². The van der Waals surface area contributed by atoms with Crippen LogP contribution < -0.4 is 16.0 Å². The molecule has 10 heteroatoms. The van der Waals surface area contributed by atoms with Crippen LogP contribution in [0.25, 0.3) is 6.08 Å². The van der Waals surface area contributed by atoms with Gasteiger partial charge in [0, 0.05) is 43.0 Å². The molecule has 4 aromatic carbocycles. The molecule has 0 fully saturated rings. The van der Waals surface area contributed by atoms with Crippen molar-refractivity contribution in [2.45, 2.75) is 24.0 Å².